The standard InChI is InChI=1S/C21H28O8Si3/c1-5-16-31(25-17(2)22,26-18(3)23)29-32(27-19(4)24,21-14-10-7-11-15-21)28-30-20-12-8-6-9-13-20/h6-15H,5,16,30H2,1-4H3. The van der Waals surface area contributed by atoms with Crippen molar-refractivity contribution in [3.63, 3.8) is 0 Å². The highest BCUT2D eigenvalue weighted by Gasteiger charge is 2.60. The van der Waals surface area contributed by atoms with Crippen molar-refractivity contribution in [1.29, 1.82) is 0 Å². The number of carbonyl (C=O) groups excluding carboxylic acids is 3. The highest BCUT2D eigenvalue weighted by molar-refractivity contribution is 6.87. The van der Waals surface area contributed by atoms with Gasteiger partial charge in [0.1, 0.15) is 0 Å². The second-order valence-corrected chi connectivity index (χ2v) is 14.3. The molecule has 2 aromatic carbocycles. The zero-order valence-corrected chi connectivity index (χ0v) is 22.1. The van der Waals surface area contributed by atoms with Crippen LogP contribution in [0.2, 0.25) is 6.04 Å². The number of carbonyl (C=O) groups is 3. The minimum atomic E-state index is -4.00. The van der Waals surface area contributed by atoms with E-state index in [1.54, 1.807) is 30.3 Å². The number of rotatable bonds is 11. The zero-order valence-electron chi connectivity index (χ0n) is 18.7. The lowest BCUT2D eigenvalue weighted by Crippen LogP contribution is -2.66. The van der Waals surface area contributed by atoms with Crippen LogP contribution in [0.4, 0.5) is 0 Å². The van der Waals surface area contributed by atoms with Crippen LogP contribution in [-0.2, 0) is 35.9 Å². The summed E-state index contributed by atoms with van der Waals surface area (Å²) in [6.45, 7) is 5.51. The van der Waals surface area contributed by atoms with E-state index in [0.29, 0.717) is 11.6 Å². The molecule has 172 valence electrons. The lowest BCUT2D eigenvalue weighted by molar-refractivity contribution is -0.142. The summed E-state index contributed by atoms with van der Waals surface area (Å²) >= 11 is 0. The van der Waals surface area contributed by atoms with E-state index in [1.807, 2.05) is 37.3 Å². The van der Waals surface area contributed by atoms with Crippen LogP contribution in [0.1, 0.15) is 34.1 Å². The molecule has 0 fully saturated rings. The van der Waals surface area contributed by atoms with E-state index in [1.165, 1.54) is 20.8 Å². The van der Waals surface area contributed by atoms with E-state index < -0.39 is 45.3 Å². The van der Waals surface area contributed by atoms with E-state index in [4.69, 9.17) is 21.5 Å². The summed E-state index contributed by atoms with van der Waals surface area (Å²) in [7, 11) is -9.41. The first-order valence-corrected chi connectivity index (χ1v) is 15.2. The van der Waals surface area contributed by atoms with E-state index >= 15 is 0 Å². The minimum absolute atomic E-state index is 0.158. The molecule has 2 rings (SSSR count). The van der Waals surface area contributed by atoms with Crippen LogP contribution in [0.25, 0.3) is 0 Å². The third-order valence-electron chi connectivity index (χ3n) is 4.12. The molecule has 0 bridgehead atoms. The fraction of sp³-hybridized carbons (Fsp3) is 0.286. The van der Waals surface area contributed by atoms with Gasteiger partial charge in [-0.05, 0) is 11.6 Å². The third-order valence-corrected chi connectivity index (χ3v) is 13.2. The molecule has 2 aromatic rings. The molecule has 0 aliphatic heterocycles. The van der Waals surface area contributed by atoms with Crippen LogP contribution < -0.4 is 10.4 Å². The van der Waals surface area contributed by atoms with Crippen LogP contribution in [0.15, 0.2) is 60.7 Å². The minimum Gasteiger partial charge on any atom is -0.471 e. The smallest absolute Gasteiger partial charge is 0.471 e. The first-order chi connectivity index (χ1) is 15.2. The molecule has 0 spiro atoms. The van der Waals surface area contributed by atoms with Gasteiger partial charge in [0.05, 0.1) is 0 Å². The molecule has 0 radical (unpaired) electrons. The summed E-state index contributed by atoms with van der Waals surface area (Å²) < 4.78 is 29.5. The molecule has 0 N–H and O–H groups in total. The maximum Gasteiger partial charge on any atom is 0.629 e. The van der Waals surface area contributed by atoms with Gasteiger partial charge >= 0.3 is 17.6 Å². The fourth-order valence-electron chi connectivity index (χ4n) is 3.03. The quantitative estimate of drug-likeness (QED) is 0.433. The van der Waals surface area contributed by atoms with Crippen LogP contribution in [0.5, 0.6) is 0 Å². The van der Waals surface area contributed by atoms with Gasteiger partial charge in [-0.1, -0.05) is 67.6 Å². The summed E-state index contributed by atoms with van der Waals surface area (Å²) in [6, 6.07) is 18.4. The molecular formula is C21H28O8Si3. The molecule has 0 heterocycles. The zero-order chi connectivity index (χ0) is 23.6. The molecule has 1 atom stereocenters. The fourth-order valence-corrected chi connectivity index (χ4v) is 12.4. The molecule has 0 saturated heterocycles. The van der Waals surface area contributed by atoms with Crippen molar-refractivity contribution in [2.24, 2.45) is 0 Å². The van der Waals surface area contributed by atoms with Gasteiger partial charge in [0.2, 0.25) is 0 Å². The lowest BCUT2D eigenvalue weighted by atomic mass is 10.4. The van der Waals surface area contributed by atoms with Gasteiger partial charge in [-0.3, -0.25) is 14.4 Å². The highest BCUT2D eigenvalue weighted by atomic mass is 28.5. The van der Waals surface area contributed by atoms with Crippen molar-refractivity contribution in [1.82, 2.24) is 0 Å². The highest BCUT2D eigenvalue weighted by Crippen LogP contribution is 2.25. The molecule has 11 heteroatoms. The summed E-state index contributed by atoms with van der Waals surface area (Å²) in [5, 5.41) is 1.46. The average Bonchev–Trinajstić information content (AvgIpc) is 2.72. The molecule has 8 nitrogen and oxygen atoms in total. The van der Waals surface area contributed by atoms with Gasteiger partial charge in [-0.25, -0.2) is 0 Å². The Labute approximate surface area is 192 Å². The number of benzene rings is 2. The molecule has 1 unspecified atom stereocenters. The molecule has 0 saturated carbocycles. The first-order valence-electron chi connectivity index (χ1n) is 10.2. The van der Waals surface area contributed by atoms with E-state index in [9.17, 15) is 14.4 Å². The topological polar surface area (TPSA) is 97.4 Å². The predicted octanol–water partition coefficient (Wildman–Crippen LogP) is 1.31. The third kappa shape index (κ3) is 7.53. The molecular weight excluding hydrogens is 464 g/mol. The first kappa shape index (κ1) is 25.7. The van der Waals surface area contributed by atoms with Gasteiger partial charge in [0, 0.05) is 32.0 Å². The van der Waals surface area contributed by atoms with E-state index in [0.717, 1.165) is 5.19 Å². The SMILES string of the molecule is CCC[Si](OC(C)=O)(OC(C)=O)O[Si](O[SiH2]c1ccccc1)(OC(C)=O)c1ccccc1. The van der Waals surface area contributed by atoms with E-state index in [2.05, 4.69) is 0 Å². The van der Waals surface area contributed by atoms with Crippen molar-refractivity contribution >= 4 is 55.7 Å². The van der Waals surface area contributed by atoms with Crippen molar-refractivity contribution in [3.8, 4) is 0 Å². The Kier molecular flexibility index (Phi) is 9.53. The second-order valence-electron chi connectivity index (χ2n) is 7.01. The number of hydrogen-bond acceptors (Lipinski definition) is 8. The molecule has 0 amide bonds. The van der Waals surface area contributed by atoms with Gasteiger partial charge in [0.15, 0.2) is 9.76 Å². The lowest BCUT2D eigenvalue weighted by Gasteiger charge is -2.36. The normalized spacial score (nSPS) is 13.4. The maximum atomic E-state index is 12.2. The largest absolute Gasteiger partial charge is 0.629 e. The Morgan fingerprint density at radius 3 is 1.75 bits per heavy atom. The van der Waals surface area contributed by atoms with Crippen LogP contribution in [-0.4, -0.2) is 45.3 Å². The molecule has 0 aliphatic carbocycles. The summed E-state index contributed by atoms with van der Waals surface area (Å²) in [4.78, 5) is 36.1. The summed E-state index contributed by atoms with van der Waals surface area (Å²) in [6.07, 6.45) is 0.502. The van der Waals surface area contributed by atoms with Crippen LogP contribution >= 0.6 is 0 Å². The van der Waals surface area contributed by atoms with Crippen LogP contribution in [0.3, 0.4) is 0 Å². The molecule has 0 aromatic heterocycles. The predicted molar refractivity (Wildman–Crippen MR) is 125 cm³/mol. The molecule has 32 heavy (non-hydrogen) atoms. The van der Waals surface area contributed by atoms with E-state index in [-0.39, 0.29) is 6.04 Å². The summed E-state index contributed by atoms with van der Waals surface area (Å²) in [5.74, 6) is -1.94. The Balaban J connectivity index is 2.59. The average molecular weight is 493 g/mol. The van der Waals surface area contributed by atoms with Crippen molar-refractivity contribution in [2.75, 3.05) is 0 Å². The second kappa shape index (κ2) is 11.9. The summed E-state index contributed by atoms with van der Waals surface area (Å²) in [5.41, 5.74) is 0. The van der Waals surface area contributed by atoms with Gasteiger partial charge in [-0.2, -0.15) is 0 Å². The van der Waals surface area contributed by atoms with Gasteiger partial charge in [0.25, 0.3) is 17.9 Å². The van der Waals surface area contributed by atoms with Crippen LogP contribution in [0, 0.1) is 0 Å². The maximum absolute atomic E-state index is 12.2. The number of hydrogen-bond donors (Lipinski definition) is 0. The van der Waals surface area contributed by atoms with Crippen molar-refractivity contribution in [2.45, 2.75) is 40.2 Å². The monoisotopic (exact) mass is 492 g/mol. The van der Waals surface area contributed by atoms with Crippen molar-refractivity contribution < 1.29 is 35.9 Å². The van der Waals surface area contributed by atoms with Crippen molar-refractivity contribution in [3.05, 3.63) is 60.7 Å². The molecule has 0 aliphatic rings. The Hall–Kier alpha value is -2.58. The van der Waals surface area contributed by atoms with Gasteiger partial charge < -0.3 is 21.5 Å². The Bertz CT molecular complexity index is 894. The van der Waals surface area contributed by atoms with Gasteiger partial charge in [-0.15, -0.1) is 0 Å². The Morgan fingerprint density at radius 1 is 0.781 bits per heavy atom. The Morgan fingerprint density at radius 2 is 1.28 bits per heavy atom.